The average molecular weight is 265 g/mol. The maximum atomic E-state index is 13.9. The molecule has 0 aliphatic heterocycles. The van der Waals surface area contributed by atoms with Crippen LogP contribution in [0, 0.1) is 5.82 Å². The minimum Gasteiger partial charge on any atom is -0.389 e. The van der Waals surface area contributed by atoms with Gasteiger partial charge in [0.25, 0.3) is 0 Å². The molecule has 3 nitrogen and oxygen atoms in total. The molecule has 1 N–H and O–H groups in total. The number of likely N-dealkylation sites (N-methyl/N-ethyl adjacent to an activating group) is 1. The third-order valence-electron chi connectivity index (χ3n) is 3.52. The molecular formula is C15H20FNO2. The minimum atomic E-state index is -0.949. The zero-order valence-corrected chi connectivity index (χ0v) is 11.6. The van der Waals surface area contributed by atoms with Crippen LogP contribution in [-0.4, -0.2) is 35.1 Å². The fourth-order valence-corrected chi connectivity index (χ4v) is 2.59. The van der Waals surface area contributed by atoms with Crippen LogP contribution in [0.5, 0.6) is 0 Å². The van der Waals surface area contributed by atoms with Gasteiger partial charge in [0.1, 0.15) is 5.82 Å². The van der Waals surface area contributed by atoms with Gasteiger partial charge in [0.05, 0.1) is 11.0 Å². The molecule has 1 aliphatic carbocycles. The lowest BCUT2D eigenvalue weighted by atomic mass is 9.93. The van der Waals surface area contributed by atoms with Crippen LogP contribution in [0.2, 0.25) is 0 Å². The molecule has 0 unspecified atom stereocenters. The molecule has 0 bridgehead atoms. The summed E-state index contributed by atoms with van der Waals surface area (Å²) in [6.07, 6.45) is 1.34. The van der Waals surface area contributed by atoms with Crippen LogP contribution in [0.15, 0.2) is 24.3 Å². The van der Waals surface area contributed by atoms with Crippen molar-refractivity contribution in [1.29, 1.82) is 0 Å². The summed E-state index contributed by atoms with van der Waals surface area (Å²) >= 11 is 0. The number of benzene rings is 1. The van der Waals surface area contributed by atoms with Crippen molar-refractivity contribution in [3.63, 3.8) is 0 Å². The molecule has 1 aromatic rings. The Balaban J connectivity index is 2.22. The van der Waals surface area contributed by atoms with E-state index in [1.807, 2.05) is 0 Å². The quantitative estimate of drug-likeness (QED) is 0.905. The smallest absolute Gasteiger partial charge is 0.233 e. The maximum absolute atomic E-state index is 13.9. The van der Waals surface area contributed by atoms with Gasteiger partial charge in [-0.15, -0.1) is 0 Å². The third-order valence-corrected chi connectivity index (χ3v) is 3.52. The zero-order chi connectivity index (χ0) is 14.3. The normalized spacial score (nSPS) is 17.1. The molecule has 0 saturated heterocycles. The Bertz CT molecular complexity index is 489. The van der Waals surface area contributed by atoms with Gasteiger partial charge in [-0.3, -0.25) is 4.79 Å². The summed E-state index contributed by atoms with van der Waals surface area (Å²) in [4.78, 5) is 14.0. The number of hydrogen-bond acceptors (Lipinski definition) is 2. The lowest BCUT2D eigenvalue weighted by molar-refractivity contribution is -0.135. The number of amides is 1. The van der Waals surface area contributed by atoms with E-state index in [4.69, 9.17) is 0 Å². The molecule has 1 fully saturated rings. The van der Waals surface area contributed by atoms with E-state index < -0.39 is 11.0 Å². The number of halogens is 1. The van der Waals surface area contributed by atoms with Crippen LogP contribution in [0.25, 0.3) is 0 Å². The van der Waals surface area contributed by atoms with Gasteiger partial charge in [-0.2, -0.15) is 0 Å². The van der Waals surface area contributed by atoms with Crippen molar-refractivity contribution in [1.82, 2.24) is 4.90 Å². The predicted molar refractivity (Wildman–Crippen MR) is 71.2 cm³/mol. The van der Waals surface area contributed by atoms with Crippen LogP contribution in [-0.2, 0) is 10.2 Å². The highest BCUT2D eigenvalue weighted by atomic mass is 19.1. The van der Waals surface area contributed by atoms with Crippen molar-refractivity contribution in [2.45, 2.75) is 37.7 Å². The van der Waals surface area contributed by atoms with Crippen LogP contribution < -0.4 is 0 Å². The van der Waals surface area contributed by atoms with E-state index in [1.165, 1.54) is 11.0 Å². The van der Waals surface area contributed by atoms with Crippen molar-refractivity contribution in [3.05, 3.63) is 35.6 Å². The van der Waals surface area contributed by atoms with Crippen LogP contribution in [0.4, 0.5) is 4.39 Å². The number of carbonyl (C=O) groups is 1. The van der Waals surface area contributed by atoms with E-state index in [9.17, 15) is 14.3 Å². The first-order valence-electron chi connectivity index (χ1n) is 6.49. The Morgan fingerprint density at radius 1 is 1.42 bits per heavy atom. The van der Waals surface area contributed by atoms with Gasteiger partial charge < -0.3 is 10.0 Å². The molecule has 0 spiro atoms. The second-order valence-electron chi connectivity index (χ2n) is 6.04. The molecule has 104 valence electrons. The van der Waals surface area contributed by atoms with Crippen molar-refractivity contribution in [3.8, 4) is 0 Å². The first-order chi connectivity index (χ1) is 8.76. The van der Waals surface area contributed by atoms with Gasteiger partial charge in [-0.05, 0) is 32.8 Å². The van der Waals surface area contributed by atoms with Gasteiger partial charge in [-0.25, -0.2) is 4.39 Å². The molecule has 0 atom stereocenters. The topological polar surface area (TPSA) is 40.5 Å². The van der Waals surface area contributed by atoms with Crippen LogP contribution >= 0.6 is 0 Å². The minimum absolute atomic E-state index is 0.111. The Labute approximate surface area is 113 Å². The maximum Gasteiger partial charge on any atom is 0.233 e. The van der Waals surface area contributed by atoms with Crippen molar-refractivity contribution < 1.29 is 14.3 Å². The second-order valence-corrected chi connectivity index (χ2v) is 6.04. The summed E-state index contributed by atoms with van der Waals surface area (Å²) in [5, 5.41) is 9.78. The highest BCUT2D eigenvalue weighted by Gasteiger charge is 2.54. The molecule has 4 heteroatoms. The first-order valence-corrected chi connectivity index (χ1v) is 6.49. The third kappa shape index (κ3) is 2.78. The van der Waals surface area contributed by atoms with E-state index in [0.717, 1.165) is 0 Å². The summed E-state index contributed by atoms with van der Waals surface area (Å²) in [6.45, 7) is 3.54. The fourth-order valence-electron chi connectivity index (χ4n) is 2.59. The molecule has 0 aromatic heterocycles. The van der Waals surface area contributed by atoms with Gasteiger partial charge in [-0.1, -0.05) is 18.2 Å². The Kier molecular flexibility index (Phi) is 3.39. The summed E-state index contributed by atoms with van der Waals surface area (Å²) in [7, 11) is 1.65. The Morgan fingerprint density at radius 2 is 2.00 bits per heavy atom. The Morgan fingerprint density at radius 3 is 2.47 bits per heavy atom. The van der Waals surface area contributed by atoms with Gasteiger partial charge in [0, 0.05) is 19.2 Å². The molecule has 1 aromatic carbocycles. The van der Waals surface area contributed by atoms with E-state index >= 15 is 0 Å². The van der Waals surface area contributed by atoms with E-state index in [0.29, 0.717) is 18.4 Å². The molecule has 1 aliphatic rings. The standard InChI is InChI=1S/C15H20FNO2/c1-14(2,19)10-17(3)13(18)15(8-9-15)11-6-4-5-7-12(11)16/h4-7,19H,8-10H2,1-3H3. The molecule has 0 heterocycles. The molecule has 1 saturated carbocycles. The lowest BCUT2D eigenvalue weighted by Gasteiger charge is -2.29. The van der Waals surface area contributed by atoms with E-state index in [2.05, 4.69) is 0 Å². The molecule has 0 radical (unpaired) electrons. The molecule has 1 amide bonds. The number of rotatable bonds is 4. The van der Waals surface area contributed by atoms with Crippen molar-refractivity contribution in [2.24, 2.45) is 0 Å². The summed E-state index contributed by atoms with van der Waals surface area (Å²) in [5.74, 6) is -0.440. The average Bonchev–Trinajstić information content (AvgIpc) is 3.07. The first kappa shape index (κ1) is 14.0. The summed E-state index contributed by atoms with van der Waals surface area (Å²) < 4.78 is 13.9. The number of nitrogens with zero attached hydrogens (tertiary/aromatic N) is 1. The monoisotopic (exact) mass is 265 g/mol. The SMILES string of the molecule is CN(CC(C)(C)O)C(=O)C1(c2ccccc2F)CC1. The number of carbonyl (C=O) groups excluding carboxylic acids is 1. The summed E-state index contributed by atoms with van der Waals surface area (Å²) in [6, 6.07) is 6.44. The highest BCUT2D eigenvalue weighted by Crippen LogP contribution is 2.50. The second kappa shape index (κ2) is 4.60. The molecular weight excluding hydrogens is 245 g/mol. The van der Waals surface area contributed by atoms with Gasteiger partial charge in [0.2, 0.25) is 5.91 Å². The predicted octanol–water partition coefficient (Wildman–Crippen LogP) is 2.09. The number of hydrogen-bond donors (Lipinski definition) is 1. The fraction of sp³-hybridized carbons (Fsp3) is 0.533. The van der Waals surface area contributed by atoms with E-state index in [1.54, 1.807) is 39.1 Å². The van der Waals surface area contributed by atoms with Crippen LogP contribution in [0.3, 0.4) is 0 Å². The largest absolute Gasteiger partial charge is 0.389 e. The van der Waals surface area contributed by atoms with Crippen molar-refractivity contribution >= 4 is 5.91 Å². The summed E-state index contributed by atoms with van der Waals surface area (Å²) in [5.41, 5.74) is -1.19. The Hall–Kier alpha value is -1.42. The van der Waals surface area contributed by atoms with Gasteiger partial charge >= 0.3 is 0 Å². The molecule has 19 heavy (non-hydrogen) atoms. The number of aliphatic hydroxyl groups is 1. The van der Waals surface area contributed by atoms with Gasteiger partial charge in [0.15, 0.2) is 0 Å². The lowest BCUT2D eigenvalue weighted by Crippen LogP contribution is -2.44. The van der Waals surface area contributed by atoms with E-state index in [-0.39, 0.29) is 18.3 Å². The van der Waals surface area contributed by atoms with Crippen molar-refractivity contribution in [2.75, 3.05) is 13.6 Å². The highest BCUT2D eigenvalue weighted by molar-refractivity contribution is 5.91. The molecule has 2 rings (SSSR count). The van der Waals surface area contributed by atoms with Crippen LogP contribution in [0.1, 0.15) is 32.3 Å². The zero-order valence-electron chi connectivity index (χ0n) is 11.6.